The van der Waals surface area contributed by atoms with Gasteiger partial charge in [-0.2, -0.15) is 0 Å². The summed E-state index contributed by atoms with van der Waals surface area (Å²) < 4.78 is 5.79. The van der Waals surface area contributed by atoms with E-state index in [-0.39, 0.29) is 0 Å². The summed E-state index contributed by atoms with van der Waals surface area (Å²) >= 11 is 0. The quantitative estimate of drug-likeness (QED) is 0.696. The van der Waals surface area contributed by atoms with Crippen LogP contribution in [0.2, 0.25) is 0 Å². The normalized spacial score (nSPS) is 17.0. The number of benzene rings is 1. The lowest BCUT2D eigenvalue weighted by Crippen LogP contribution is -2.25. The van der Waals surface area contributed by atoms with E-state index >= 15 is 0 Å². The minimum Gasteiger partial charge on any atom is -0.379 e. The molecular formula is C15H23NO. The maximum absolute atomic E-state index is 5.79. The Balaban J connectivity index is 1.75. The first kappa shape index (κ1) is 12.6. The molecule has 1 atom stereocenters. The highest BCUT2D eigenvalue weighted by Gasteiger charge is 2.20. The van der Waals surface area contributed by atoms with Crippen LogP contribution in [0.15, 0.2) is 30.3 Å². The molecule has 1 saturated carbocycles. The minimum atomic E-state index is 0.334. The van der Waals surface area contributed by atoms with E-state index in [1.165, 1.54) is 24.8 Å². The standard InChI is InChI=1S/C15H23NO/c1-2-16-15(14-6-4-3-5-7-14)12-17-11-10-13-8-9-13/h3-7,13,15-16H,2,8-12H2,1H3. The third-order valence-corrected chi connectivity index (χ3v) is 3.30. The monoisotopic (exact) mass is 233 g/mol. The van der Waals surface area contributed by atoms with Crippen LogP contribution in [0.3, 0.4) is 0 Å². The van der Waals surface area contributed by atoms with Crippen molar-refractivity contribution in [2.75, 3.05) is 19.8 Å². The van der Waals surface area contributed by atoms with Gasteiger partial charge in [0.25, 0.3) is 0 Å². The zero-order valence-electron chi connectivity index (χ0n) is 10.7. The van der Waals surface area contributed by atoms with Crippen LogP contribution in [0.5, 0.6) is 0 Å². The SMILES string of the molecule is CCNC(COCCC1CC1)c1ccccc1. The van der Waals surface area contributed by atoms with Gasteiger partial charge in [-0.05, 0) is 24.4 Å². The predicted molar refractivity (Wildman–Crippen MR) is 71.0 cm³/mol. The van der Waals surface area contributed by atoms with Gasteiger partial charge in [-0.15, -0.1) is 0 Å². The summed E-state index contributed by atoms with van der Waals surface area (Å²) in [5, 5.41) is 3.48. The molecule has 2 heteroatoms. The maximum Gasteiger partial charge on any atom is 0.0661 e. The second-order valence-electron chi connectivity index (χ2n) is 4.83. The summed E-state index contributed by atoms with van der Waals surface area (Å²) in [6, 6.07) is 10.9. The van der Waals surface area contributed by atoms with E-state index in [9.17, 15) is 0 Å². The predicted octanol–water partition coefficient (Wildman–Crippen LogP) is 3.15. The summed E-state index contributed by atoms with van der Waals surface area (Å²) in [6.07, 6.45) is 4.07. The fraction of sp³-hybridized carbons (Fsp3) is 0.600. The molecule has 1 aliphatic rings. The third-order valence-electron chi connectivity index (χ3n) is 3.30. The van der Waals surface area contributed by atoms with E-state index in [1.54, 1.807) is 0 Å². The van der Waals surface area contributed by atoms with Crippen molar-refractivity contribution in [3.05, 3.63) is 35.9 Å². The van der Waals surface area contributed by atoms with Gasteiger partial charge in [-0.1, -0.05) is 50.1 Å². The molecule has 0 aliphatic heterocycles. The molecule has 0 saturated heterocycles. The Kier molecular flexibility index (Phi) is 5.02. The summed E-state index contributed by atoms with van der Waals surface area (Å²) in [4.78, 5) is 0. The molecule has 2 nitrogen and oxygen atoms in total. The van der Waals surface area contributed by atoms with E-state index < -0.39 is 0 Å². The van der Waals surface area contributed by atoms with Crippen LogP contribution in [0, 0.1) is 5.92 Å². The average molecular weight is 233 g/mol. The number of nitrogens with one attached hydrogen (secondary N) is 1. The molecule has 94 valence electrons. The Morgan fingerprint density at radius 2 is 2.06 bits per heavy atom. The largest absolute Gasteiger partial charge is 0.379 e. The molecule has 17 heavy (non-hydrogen) atoms. The fourth-order valence-corrected chi connectivity index (χ4v) is 2.06. The molecule has 1 aromatic carbocycles. The average Bonchev–Trinajstić information content (AvgIpc) is 3.18. The van der Waals surface area contributed by atoms with Crippen molar-refractivity contribution < 1.29 is 4.74 Å². The molecule has 0 amide bonds. The van der Waals surface area contributed by atoms with Crippen molar-refractivity contribution in [1.29, 1.82) is 0 Å². The summed E-state index contributed by atoms with van der Waals surface area (Å²) in [5.74, 6) is 0.962. The zero-order chi connectivity index (χ0) is 11.9. The molecule has 1 aromatic rings. The topological polar surface area (TPSA) is 21.3 Å². The first-order valence-electron chi connectivity index (χ1n) is 6.76. The molecule has 0 spiro atoms. The lowest BCUT2D eigenvalue weighted by Gasteiger charge is -2.18. The molecule has 0 radical (unpaired) electrons. The minimum absolute atomic E-state index is 0.334. The van der Waals surface area contributed by atoms with Crippen LogP contribution in [0.25, 0.3) is 0 Å². The van der Waals surface area contributed by atoms with Crippen molar-refractivity contribution in [2.45, 2.75) is 32.2 Å². The lowest BCUT2D eigenvalue weighted by atomic mass is 10.1. The Labute approximate surface area is 104 Å². The molecule has 1 unspecified atom stereocenters. The maximum atomic E-state index is 5.79. The van der Waals surface area contributed by atoms with Crippen LogP contribution >= 0.6 is 0 Å². The Morgan fingerprint density at radius 3 is 2.71 bits per heavy atom. The van der Waals surface area contributed by atoms with Gasteiger partial charge >= 0.3 is 0 Å². The summed E-state index contributed by atoms with van der Waals surface area (Å²) in [7, 11) is 0. The zero-order valence-corrected chi connectivity index (χ0v) is 10.7. The van der Waals surface area contributed by atoms with Crippen molar-refractivity contribution in [3.8, 4) is 0 Å². The van der Waals surface area contributed by atoms with E-state index in [0.717, 1.165) is 25.7 Å². The second kappa shape index (κ2) is 6.77. The number of likely N-dealkylation sites (N-methyl/N-ethyl adjacent to an activating group) is 1. The molecule has 0 heterocycles. The van der Waals surface area contributed by atoms with E-state index in [4.69, 9.17) is 4.74 Å². The van der Waals surface area contributed by atoms with Crippen LogP contribution < -0.4 is 5.32 Å². The highest BCUT2D eigenvalue weighted by Crippen LogP contribution is 2.32. The summed E-state index contributed by atoms with van der Waals surface area (Å²) in [6.45, 7) is 4.82. The van der Waals surface area contributed by atoms with Gasteiger partial charge < -0.3 is 10.1 Å². The Bertz CT molecular complexity index is 308. The van der Waals surface area contributed by atoms with Crippen LogP contribution in [-0.2, 0) is 4.74 Å². The molecule has 2 rings (SSSR count). The van der Waals surface area contributed by atoms with E-state index in [0.29, 0.717) is 6.04 Å². The lowest BCUT2D eigenvalue weighted by molar-refractivity contribution is 0.107. The van der Waals surface area contributed by atoms with Gasteiger partial charge in [0.1, 0.15) is 0 Å². The van der Waals surface area contributed by atoms with Crippen LogP contribution in [0.1, 0.15) is 37.8 Å². The van der Waals surface area contributed by atoms with Crippen molar-refractivity contribution in [1.82, 2.24) is 5.32 Å². The smallest absolute Gasteiger partial charge is 0.0661 e. The Hall–Kier alpha value is -0.860. The number of rotatable bonds is 8. The number of hydrogen-bond donors (Lipinski definition) is 1. The van der Waals surface area contributed by atoms with Gasteiger partial charge in [0.15, 0.2) is 0 Å². The van der Waals surface area contributed by atoms with Crippen LogP contribution in [0.4, 0.5) is 0 Å². The van der Waals surface area contributed by atoms with Gasteiger partial charge in [0.2, 0.25) is 0 Å². The Morgan fingerprint density at radius 1 is 1.29 bits per heavy atom. The second-order valence-corrected chi connectivity index (χ2v) is 4.83. The van der Waals surface area contributed by atoms with Crippen LogP contribution in [-0.4, -0.2) is 19.8 Å². The summed E-state index contributed by atoms with van der Waals surface area (Å²) in [5.41, 5.74) is 1.32. The van der Waals surface area contributed by atoms with Gasteiger partial charge in [-0.3, -0.25) is 0 Å². The van der Waals surface area contributed by atoms with Gasteiger partial charge in [0.05, 0.1) is 12.6 Å². The molecule has 1 N–H and O–H groups in total. The van der Waals surface area contributed by atoms with Crippen molar-refractivity contribution in [3.63, 3.8) is 0 Å². The van der Waals surface area contributed by atoms with E-state index in [1.807, 2.05) is 0 Å². The highest BCUT2D eigenvalue weighted by molar-refractivity contribution is 5.18. The molecule has 1 aliphatic carbocycles. The first-order valence-corrected chi connectivity index (χ1v) is 6.76. The third kappa shape index (κ3) is 4.49. The number of hydrogen-bond acceptors (Lipinski definition) is 2. The molecule has 1 fully saturated rings. The van der Waals surface area contributed by atoms with Crippen molar-refractivity contribution >= 4 is 0 Å². The molecule has 0 aromatic heterocycles. The molecule has 0 bridgehead atoms. The highest BCUT2D eigenvalue weighted by atomic mass is 16.5. The first-order chi connectivity index (χ1) is 8.40. The molecular weight excluding hydrogens is 210 g/mol. The van der Waals surface area contributed by atoms with E-state index in [2.05, 4.69) is 42.6 Å². The van der Waals surface area contributed by atoms with Gasteiger partial charge in [0, 0.05) is 6.61 Å². The van der Waals surface area contributed by atoms with Gasteiger partial charge in [-0.25, -0.2) is 0 Å². The fourth-order valence-electron chi connectivity index (χ4n) is 2.06. The number of ether oxygens (including phenoxy) is 1. The van der Waals surface area contributed by atoms with Crippen molar-refractivity contribution in [2.24, 2.45) is 5.92 Å².